The van der Waals surface area contributed by atoms with Crippen LogP contribution in [0.2, 0.25) is 0 Å². The van der Waals surface area contributed by atoms with Crippen LogP contribution in [0.3, 0.4) is 0 Å². The molecule has 0 unspecified atom stereocenters. The third kappa shape index (κ3) is 3.25. The molecule has 6 rings (SSSR count). The number of hydrogen-bond donors (Lipinski definition) is 1. The van der Waals surface area contributed by atoms with E-state index in [4.69, 9.17) is 4.74 Å². The number of nitrogens with zero attached hydrogens (tertiary/aromatic N) is 2. The smallest absolute Gasteiger partial charge is 0.325 e. The number of fused-ring (bicyclic) bond motifs is 5. The highest BCUT2D eigenvalue weighted by Crippen LogP contribution is 2.45. The second-order valence-corrected chi connectivity index (χ2v) is 9.15. The monoisotopic (exact) mass is 439 g/mol. The number of rotatable bonds is 2. The minimum atomic E-state index is -0.840. The van der Waals surface area contributed by atoms with Crippen LogP contribution in [0, 0.1) is 0 Å². The average Bonchev–Trinajstić information content (AvgIpc) is 2.83. The van der Waals surface area contributed by atoms with Crippen LogP contribution in [-0.4, -0.2) is 29.1 Å². The number of urea groups is 1. The van der Waals surface area contributed by atoms with Crippen molar-refractivity contribution in [2.75, 3.05) is 11.4 Å². The van der Waals surface area contributed by atoms with Crippen molar-refractivity contribution in [1.29, 1.82) is 0 Å². The molecule has 3 aliphatic heterocycles. The van der Waals surface area contributed by atoms with E-state index in [2.05, 4.69) is 17.4 Å². The number of amides is 3. The minimum Gasteiger partial charge on any atom is -0.467 e. The highest BCUT2D eigenvalue weighted by Gasteiger charge is 2.49. The number of para-hydroxylation sites is 1. The molecule has 0 spiro atoms. The van der Waals surface area contributed by atoms with Crippen LogP contribution in [0.15, 0.2) is 72.8 Å². The number of carbonyl (C=O) groups excluding carboxylic acids is 2. The molecule has 33 heavy (non-hydrogen) atoms. The van der Waals surface area contributed by atoms with Crippen LogP contribution < -0.4 is 15.0 Å². The second kappa shape index (κ2) is 7.37. The predicted octanol–water partition coefficient (Wildman–Crippen LogP) is 4.65. The van der Waals surface area contributed by atoms with Crippen molar-refractivity contribution in [3.8, 4) is 5.75 Å². The van der Waals surface area contributed by atoms with Gasteiger partial charge in [0, 0.05) is 30.6 Å². The first-order chi connectivity index (χ1) is 16.0. The highest BCUT2D eigenvalue weighted by molar-refractivity contribution is 5.99. The summed E-state index contributed by atoms with van der Waals surface area (Å²) in [4.78, 5) is 30.1. The molecule has 166 valence electrons. The topological polar surface area (TPSA) is 61.9 Å². The molecule has 2 atom stereocenters. The molecule has 1 N–H and O–H groups in total. The number of benzene rings is 3. The maximum absolute atomic E-state index is 13.4. The van der Waals surface area contributed by atoms with Crippen LogP contribution in [-0.2, 0) is 13.0 Å². The Balaban J connectivity index is 1.30. The molecule has 3 heterocycles. The summed E-state index contributed by atoms with van der Waals surface area (Å²) in [6.45, 7) is 3.22. The summed E-state index contributed by atoms with van der Waals surface area (Å²) in [5, 5.41) is 3.11. The van der Waals surface area contributed by atoms with Crippen molar-refractivity contribution >= 4 is 17.6 Å². The zero-order valence-electron chi connectivity index (χ0n) is 18.5. The van der Waals surface area contributed by atoms with E-state index < -0.39 is 5.72 Å². The number of carbonyl (C=O) groups is 2. The van der Waals surface area contributed by atoms with Gasteiger partial charge in [0.15, 0.2) is 5.72 Å². The minimum absolute atomic E-state index is 0.0262. The maximum atomic E-state index is 13.4. The summed E-state index contributed by atoms with van der Waals surface area (Å²) in [6, 6.07) is 23.1. The Morgan fingerprint density at radius 1 is 1.03 bits per heavy atom. The lowest BCUT2D eigenvalue weighted by atomic mass is 9.90. The zero-order chi connectivity index (χ0) is 22.6. The molecule has 3 aromatic carbocycles. The van der Waals surface area contributed by atoms with Gasteiger partial charge < -0.3 is 15.0 Å². The first-order valence-electron chi connectivity index (χ1n) is 11.4. The van der Waals surface area contributed by atoms with E-state index in [0.717, 1.165) is 17.7 Å². The Morgan fingerprint density at radius 3 is 2.70 bits per heavy atom. The summed E-state index contributed by atoms with van der Waals surface area (Å²) in [5.74, 6) is 0.752. The zero-order valence-corrected chi connectivity index (χ0v) is 18.5. The maximum Gasteiger partial charge on any atom is 0.325 e. The fourth-order valence-corrected chi connectivity index (χ4v) is 5.34. The fourth-order valence-electron chi connectivity index (χ4n) is 5.34. The molecule has 0 saturated carbocycles. The van der Waals surface area contributed by atoms with E-state index in [1.165, 1.54) is 11.1 Å². The van der Waals surface area contributed by atoms with Gasteiger partial charge in [0.25, 0.3) is 5.91 Å². The highest BCUT2D eigenvalue weighted by atomic mass is 16.5. The lowest BCUT2D eigenvalue weighted by Gasteiger charge is -2.50. The lowest BCUT2D eigenvalue weighted by Crippen LogP contribution is -2.65. The molecule has 3 amide bonds. The van der Waals surface area contributed by atoms with Crippen LogP contribution in [0.25, 0.3) is 0 Å². The third-order valence-electron chi connectivity index (χ3n) is 6.95. The number of ether oxygens (including phenoxy) is 1. The largest absolute Gasteiger partial charge is 0.467 e. The van der Waals surface area contributed by atoms with Crippen molar-refractivity contribution in [1.82, 2.24) is 10.2 Å². The number of hydrogen-bond acceptors (Lipinski definition) is 3. The molecule has 1 saturated heterocycles. The third-order valence-corrected chi connectivity index (χ3v) is 6.95. The van der Waals surface area contributed by atoms with E-state index in [1.54, 1.807) is 11.0 Å². The summed E-state index contributed by atoms with van der Waals surface area (Å²) in [5.41, 5.74) is 3.87. The summed E-state index contributed by atoms with van der Waals surface area (Å²) in [7, 11) is 0. The van der Waals surface area contributed by atoms with Gasteiger partial charge >= 0.3 is 6.03 Å². The summed E-state index contributed by atoms with van der Waals surface area (Å²) in [6.07, 6.45) is 1.47. The Morgan fingerprint density at radius 2 is 1.82 bits per heavy atom. The van der Waals surface area contributed by atoms with E-state index in [0.29, 0.717) is 30.8 Å². The van der Waals surface area contributed by atoms with E-state index in [-0.39, 0.29) is 18.0 Å². The van der Waals surface area contributed by atoms with Gasteiger partial charge in [0.2, 0.25) is 0 Å². The Kier molecular flexibility index (Phi) is 4.43. The van der Waals surface area contributed by atoms with Crippen LogP contribution >= 0.6 is 0 Å². The van der Waals surface area contributed by atoms with Crippen LogP contribution in [0.5, 0.6) is 5.75 Å². The fraction of sp³-hybridized carbons (Fsp3) is 0.259. The average molecular weight is 440 g/mol. The van der Waals surface area contributed by atoms with Gasteiger partial charge in [0.05, 0.1) is 11.7 Å². The quantitative estimate of drug-likeness (QED) is 0.632. The summed E-state index contributed by atoms with van der Waals surface area (Å²) < 4.78 is 6.35. The normalized spacial score (nSPS) is 23.2. The van der Waals surface area contributed by atoms with Crippen LogP contribution in [0.1, 0.15) is 46.4 Å². The molecule has 0 aliphatic carbocycles. The van der Waals surface area contributed by atoms with Crippen molar-refractivity contribution in [3.63, 3.8) is 0 Å². The second-order valence-electron chi connectivity index (χ2n) is 9.15. The molecule has 1 fully saturated rings. The van der Waals surface area contributed by atoms with E-state index in [9.17, 15) is 9.59 Å². The molecular formula is C27H25N3O3. The van der Waals surface area contributed by atoms with Crippen LogP contribution in [0.4, 0.5) is 10.5 Å². The Bertz CT molecular complexity index is 1270. The van der Waals surface area contributed by atoms with Crippen molar-refractivity contribution in [2.24, 2.45) is 0 Å². The van der Waals surface area contributed by atoms with Gasteiger partial charge in [-0.25, -0.2) is 4.79 Å². The van der Waals surface area contributed by atoms with Gasteiger partial charge in [-0.2, -0.15) is 0 Å². The first kappa shape index (κ1) is 19.9. The van der Waals surface area contributed by atoms with Gasteiger partial charge in [-0.05, 0) is 48.7 Å². The number of anilines is 1. The van der Waals surface area contributed by atoms with Gasteiger partial charge in [-0.1, -0.05) is 48.5 Å². The van der Waals surface area contributed by atoms with Gasteiger partial charge in [-0.3, -0.25) is 9.69 Å². The lowest BCUT2D eigenvalue weighted by molar-refractivity contribution is 0.0378. The molecule has 6 heteroatoms. The standard InChI is InChI=1S/C27H25N3O3/c1-27-16-23(22-11-4-5-12-24(22)33-27)28-26(32)30(27)21-10-6-9-19(15-21)25(31)29-14-13-18-7-2-3-8-20(18)17-29/h2-12,15,23H,13-14,16-17H2,1H3,(H,28,32)/t23-,27-/m0/s1. The molecule has 0 radical (unpaired) electrons. The first-order valence-corrected chi connectivity index (χ1v) is 11.4. The van der Waals surface area contributed by atoms with Crippen molar-refractivity contribution in [3.05, 3.63) is 95.1 Å². The van der Waals surface area contributed by atoms with E-state index in [1.807, 2.05) is 66.4 Å². The summed E-state index contributed by atoms with van der Waals surface area (Å²) >= 11 is 0. The Labute approximate surface area is 192 Å². The predicted molar refractivity (Wildman–Crippen MR) is 125 cm³/mol. The molecule has 3 aliphatic rings. The Hall–Kier alpha value is -3.80. The van der Waals surface area contributed by atoms with Gasteiger partial charge in [0.1, 0.15) is 5.75 Å². The number of nitrogens with one attached hydrogen (secondary N) is 1. The SMILES string of the molecule is C[C@]12C[C@H](NC(=O)N1c1cccc(C(=O)N3CCc4ccccc4C3)c1)c1ccccc1O2. The molecule has 0 aromatic heterocycles. The van der Waals surface area contributed by atoms with Gasteiger partial charge in [-0.15, -0.1) is 0 Å². The van der Waals surface area contributed by atoms with Crippen molar-refractivity contribution < 1.29 is 14.3 Å². The molecule has 3 aromatic rings. The molecule has 2 bridgehead atoms. The van der Waals surface area contributed by atoms with E-state index >= 15 is 0 Å². The molecular weight excluding hydrogens is 414 g/mol. The van der Waals surface area contributed by atoms with Crippen molar-refractivity contribution in [2.45, 2.75) is 38.1 Å². The molecule has 6 nitrogen and oxygen atoms in total.